The monoisotopic (exact) mass is 517 g/mol. The molecule has 0 aliphatic heterocycles. The Morgan fingerprint density at radius 3 is 1.59 bits per heavy atom. The fourth-order valence-corrected chi connectivity index (χ4v) is 12.1. The van der Waals surface area contributed by atoms with Gasteiger partial charge in [-0.15, -0.1) is 0 Å². The first kappa shape index (κ1) is 21.3. The molecule has 1 heterocycles. The van der Waals surface area contributed by atoms with Crippen molar-refractivity contribution in [2.75, 3.05) is 0 Å². The summed E-state index contributed by atoms with van der Waals surface area (Å²) in [6.45, 7) is 0. The quantitative estimate of drug-likeness (QED) is 0.224. The Morgan fingerprint density at radius 2 is 1.09 bits per heavy atom. The average Bonchev–Trinajstić information content (AvgIpc) is 2.85. The molecule has 0 spiro atoms. The van der Waals surface area contributed by atoms with Crippen LogP contribution in [0.25, 0.3) is 10.9 Å². The standard InChI is InChI=1S/C28H22BrClNP/c29-32(25-10-4-1-5-11-25,26-12-6-2-7-13-26,27-14-8-3-9-15-27)21-24-19-17-22-16-18-23(30)20-28(22)31-24/h1-20H,21H2. The number of fused-ring (bicyclic) bond motifs is 1. The van der Waals surface area contributed by atoms with Gasteiger partial charge in [-0.25, -0.2) is 0 Å². The van der Waals surface area contributed by atoms with Crippen molar-refractivity contribution in [1.29, 1.82) is 0 Å². The third kappa shape index (κ3) is 3.57. The van der Waals surface area contributed by atoms with Crippen LogP contribution in [-0.2, 0) is 6.16 Å². The van der Waals surface area contributed by atoms with Gasteiger partial charge >= 0.3 is 202 Å². The summed E-state index contributed by atoms with van der Waals surface area (Å²) in [6, 6.07) is 42.6. The van der Waals surface area contributed by atoms with Crippen molar-refractivity contribution in [2.24, 2.45) is 0 Å². The first-order valence-corrected chi connectivity index (χ1v) is 15.3. The molecule has 0 N–H and O–H groups in total. The molecule has 0 aliphatic rings. The van der Waals surface area contributed by atoms with Crippen molar-refractivity contribution in [3.8, 4) is 0 Å². The number of hydrogen-bond donors (Lipinski definition) is 0. The van der Waals surface area contributed by atoms with Crippen molar-refractivity contribution in [3.05, 3.63) is 132 Å². The van der Waals surface area contributed by atoms with Crippen molar-refractivity contribution in [3.63, 3.8) is 0 Å². The summed E-state index contributed by atoms with van der Waals surface area (Å²) in [4.78, 5) is 5.06. The van der Waals surface area contributed by atoms with Crippen molar-refractivity contribution in [2.45, 2.75) is 6.16 Å². The van der Waals surface area contributed by atoms with Crippen LogP contribution in [0, 0.1) is 0 Å². The van der Waals surface area contributed by atoms with E-state index in [1.54, 1.807) is 0 Å². The summed E-state index contributed by atoms with van der Waals surface area (Å²) in [5.41, 5.74) is 1.95. The minimum absolute atomic E-state index is 0.702. The van der Waals surface area contributed by atoms with Gasteiger partial charge in [-0.05, 0) is 0 Å². The van der Waals surface area contributed by atoms with Crippen LogP contribution in [0.15, 0.2) is 121 Å². The van der Waals surface area contributed by atoms with E-state index in [0.717, 1.165) is 22.8 Å². The van der Waals surface area contributed by atoms with Gasteiger partial charge in [0.25, 0.3) is 0 Å². The van der Waals surface area contributed by atoms with Gasteiger partial charge in [0.2, 0.25) is 0 Å². The topological polar surface area (TPSA) is 12.9 Å². The zero-order valence-electron chi connectivity index (χ0n) is 17.4. The number of rotatable bonds is 5. The zero-order chi connectivity index (χ0) is 22.0. The van der Waals surface area contributed by atoms with Crippen LogP contribution < -0.4 is 15.9 Å². The molecule has 4 heteroatoms. The van der Waals surface area contributed by atoms with E-state index in [9.17, 15) is 0 Å². The van der Waals surface area contributed by atoms with E-state index in [0.29, 0.717) is 5.02 Å². The van der Waals surface area contributed by atoms with Crippen LogP contribution in [0.5, 0.6) is 0 Å². The Morgan fingerprint density at radius 1 is 0.625 bits per heavy atom. The van der Waals surface area contributed by atoms with Gasteiger partial charge in [0.1, 0.15) is 0 Å². The van der Waals surface area contributed by atoms with Crippen LogP contribution >= 0.6 is 32.4 Å². The van der Waals surface area contributed by atoms with Gasteiger partial charge in [0.05, 0.1) is 0 Å². The van der Waals surface area contributed by atoms with Crippen LogP contribution in [0.2, 0.25) is 5.02 Å². The summed E-state index contributed by atoms with van der Waals surface area (Å²) in [7, 11) is 0. The molecule has 0 bridgehead atoms. The summed E-state index contributed by atoms with van der Waals surface area (Å²) in [5, 5.41) is 2.57. The predicted octanol–water partition coefficient (Wildman–Crippen LogP) is 7.23. The molecule has 1 aromatic heterocycles. The van der Waals surface area contributed by atoms with E-state index in [-0.39, 0.29) is 0 Å². The molecule has 0 atom stereocenters. The third-order valence-corrected chi connectivity index (χ3v) is 15.8. The van der Waals surface area contributed by atoms with Gasteiger partial charge in [-0.1, -0.05) is 0 Å². The van der Waals surface area contributed by atoms with E-state index in [4.69, 9.17) is 16.6 Å². The summed E-state index contributed by atoms with van der Waals surface area (Å²) >= 11 is 10.8. The van der Waals surface area contributed by atoms with Crippen molar-refractivity contribution >= 4 is 59.2 Å². The maximum absolute atomic E-state index is 6.28. The Labute approximate surface area is 201 Å². The Kier molecular flexibility index (Phi) is 5.63. The van der Waals surface area contributed by atoms with E-state index < -0.39 is 5.31 Å². The molecule has 0 fully saturated rings. The number of nitrogens with zero attached hydrogens (tertiary/aromatic N) is 1. The van der Waals surface area contributed by atoms with Crippen molar-refractivity contribution in [1.82, 2.24) is 4.98 Å². The molecule has 5 aromatic rings. The van der Waals surface area contributed by atoms with Crippen LogP contribution in [-0.4, -0.2) is 4.98 Å². The van der Waals surface area contributed by atoms with Crippen LogP contribution in [0.4, 0.5) is 0 Å². The predicted molar refractivity (Wildman–Crippen MR) is 145 cm³/mol. The first-order chi connectivity index (χ1) is 15.6. The molecular formula is C28H22BrClNP. The van der Waals surface area contributed by atoms with E-state index >= 15 is 0 Å². The maximum atomic E-state index is 6.28. The summed E-state index contributed by atoms with van der Waals surface area (Å²) in [5.74, 6) is 0. The van der Waals surface area contributed by atoms with E-state index in [2.05, 4.69) is 119 Å². The molecule has 0 saturated heterocycles. The van der Waals surface area contributed by atoms with Crippen LogP contribution in [0.1, 0.15) is 5.69 Å². The molecule has 0 radical (unpaired) electrons. The van der Waals surface area contributed by atoms with Gasteiger partial charge in [-0.2, -0.15) is 0 Å². The minimum atomic E-state index is -3.07. The molecule has 4 aromatic carbocycles. The number of benzene rings is 4. The zero-order valence-corrected chi connectivity index (χ0v) is 20.6. The average molecular weight is 519 g/mol. The first-order valence-electron chi connectivity index (χ1n) is 10.5. The second-order valence-corrected chi connectivity index (χ2v) is 17.4. The summed E-state index contributed by atoms with van der Waals surface area (Å²) < 4.78 is 0. The molecular weight excluding hydrogens is 497 g/mol. The number of pyridine rings is 1. The summed E-state index contributed by atoms with van der Waals surface area (Å²) in [6.07, 6.45) is 0.756. The Balaban J connectivity index is 1.82. The van der Waals surface area contributed by atoms with Gasteiger partial charge in [-0.3, -0.25) is 0 Å². The molecule has 5 rings (SSSR count). The van der Waals surface area contributed by atoms with E-state index in [1.165, 1.54) is 15.9 Å². The fourth-order valence-electron chi connectivity index (χ4n) is 4.46. The Bertz CT molecular complexity index is 1280. The van der Waals surface area contributed by atoms with E-state index in [1.807, 2.05) is 18.2 Å². The Hall–Kier alpha value is -2.51. The second kappa shape index (κ2) is 8.45. The normalized spacial score (nSPS) is 12.9. The third-order valence-electron chi connectivity index (χ3n) is 6.05. The number of hydrogen-bond acceptors (Lipinski definition) is 1. The molecule has 0 amide bonds. The molecule has 0 unspecified atom stereocenters. The second-order valence-electron chi connectivity index (χ2n) is 7.99. The SMILES string of the molecule is Clc1ccc2ccc(CP(Br)(c3ccccc3)(c3ccccc3)c3ccccc3)nc2c1. The molecule has 1 nitrogen and oxygen atoms in total. The molecule has 158 valence electrons. The molecule has 0 saturated carbocycles. The van der Waals surface area contributed by atoms with Crippen LogP contribution in [0.3, 0.4) is 0 Å². The van der Waals surface area contributed by atoms with Gasteiger partial charge in [0, 0.05) is 0 Å². The molecule has 32 heavy (non-hydrogen) atoms. The number of halogens is 2. The molecule has 0 aliphatic carbocycles. The van der Waals surface area contributed by atoms with Gasteiger partial charge < -0.3 is 0 Å². The fraction of sp³-hybridized carbons (Fsp3) is 0.0357. The number of aromatic nitrogens is 1. The van der Waals surface area contributed by atoms with Gasteiger partial charge in [0.15, 0.2) is 0 Å². The van der Waals surface area contributed by atoms with Crippen molar-refractivity contribution < 1.29 is 0 Å².